The monoisotopic (exact) mass is 250 g/mol. The molecule has 0 unspecified atom stereocenters. The van der Waals surface area contributed by atoms with Crippen molar-refractivity contribution in [1.82, 2.24) is 15.2 Å². The average Bonchev–Trinajstić information content (AvgIpc) is 2.38. The molecule has 5 heteroatoms. The van der Waals surface area contributed by atoms with Crippen LogP contribution in [0.4, 0.5) is 5.69 Å². The minimum atomic E-state index is 0.0275. The second kappa shape index (κ2) is 7.66. The average molecular weight is 250 g/mol. The molecule has 0 aliphatic carbocycles. The summed E-state index contributed by atoms with van der Waals surface area (Å²) in [6.07, 6.45) is 1.79. The summed E-state index contributed by atoms with van der Waals surface area (Å²) >= 11 is 0. The lowest BCUT2D eigenvalue weighted by molar-refractivity contribution is -0.121. The number of rotatable bonds is 7. The Morgan fingerprint density at radius 1 is 1.44 bits per heavy atom. The fraction of sp³-hybridized carbons (Fsp3) is 0.538. The van der Waals surface area contributed by atoms with Gasteiger partial charge in [0.25, 0.3) is 0 Å². The van der Waals surface area contributed by atoms with Crippen LogP contribution in [0.2, 0.25) is 0 Å². The Balaban J connectivity index is 2.63. The molecule has 1 aromatic rings. The highest BCUT2D eigenvalue weighted by Gasteiger charge is 2.09. The Morgan fingerprint density at radius 3 is 2.83 bits per heavy atom. The number of likely N-dealkylation sites (N-methyl/N-ethyl adjacent to an activating group) is 2. The lowest BCUT2D eigenvalue weighted by Gasteiger charge is -2.19. The zero-order chi connectivity index (χ0) is 13.4. The van der Waals surface area contributed by atoms with Gasteiger partial charge in [-0.3, -0.25) is 14.7 Å². The lowest BCUT2D eigenvalue weighted by Crippen LogP contribution is -2.35. The summed E-state index contributed by atoms with van der Waals surface area (Å²) in [6.45, 7) is 6.89. The molecule has 1 rings (SSSR count). The minimum absolute atomic E-state index is 0.0275. The molecule has 0 bridgehead atoms. The van der Waals surface area contributed by atoms with Crippen LogP contribution >= 0.6 is 0 Å². The number of nitrogens with one attached hydrogen (secondary N) is 2. The first-order valence-corrected chi connectivity index (χ1v) is 6.31. The third-order valence-electron chi connectivity index (χ3n) is 2.68. The van der Waals surface area contributed by atoms with E-state index in [2.05, 4.69) is 27.4 Å². The molecule has 0 aliphatic rings. The summed E-state index contributed by atoms with van der Waals surface area (Å²) in [6, 6.07) is 3.97. The van der Waals surface area contributed by atoms with Crippen LogP contribution in [0.3, 0.4) is 0 Å². The van der Waals surface area contributed by atoms with Gasteiger partial charge in [-0.2, -0.15) is 0 Å². The molecule has 0 saturated carbocycles. The lowest BCUT2D eigenvalue weighted by atomic mass is 10.3. The smallest absolute Gasteiger partial charge is 0.233 e. The van der Waals surface area contributed by atoms with E-state index in [0.717, 1.165) is 24.5 Å². The van der Waals surface area contributed by atoms with Gasteiger partial charge in [0.15, 0.2) is 0 Å². The fourth-order valence-corrected chi connectivity index (χ4v) is 1.67. The zero-order valence-corrected chi connectivity index (χ0v) is 11.4. The van der Waals surface area contributed by atoms with E-state index in [1.807, 2.05) is 19.1 Å². The van der Waals surface area contributed by atoms with Gasteiger partial charge in [-0.15, -0.1) is 0 Å². The molecule has 0 saturated heterocycles. The Hall–Kier alpha value is -1.62. The van der Waals surface area contributed by atoms with Crippen LogP contribution in [0, 0.1) is 0 Å². The molecular weight excluding hydrogens is 228 g/mol. The molecule has 0 aromatic carbocycles. The second-order valence-electron chi connectivity index (χ2n) is 4.04. The van der Waals surface area contributed by atoms with Gasteiger partial charge in [0, 0.05) is 32.0 Å². The maximum Gasteiger partial charge on any atom is 0.233 e. The molecule has 1 aromatic heterocycles. The van der Waals surface area contributed by atoms with E-state index in [9.17, 15) is 4.79 Å². The maximum atomic E-state index is 11.4. The van der Waals surface area contributed by atoms with Gasteiger partial charge in [-0.25, -0.2) is 0 Å². The van der Waals surface area contributed by atoms with Crippen molar-refractivity contribution in [3.63, 3.8) is 0 Å². The van der Waals surface area contributed by atoms with Crippen LogP contribution in [0.5, 0.6) is 0 Å². The van der Waals surface area contributed by atoms with Crippen LogP contribution in [0.25, 0.3) is 0 Å². The summed E-state index contributed by atoms with van der Waals surface area (Å²) in [5.41, 5.74) is 2.04. The third-order valence-corrected chi connectivity index (χ3v) is 2.68. The minimum Gasteiger partial charge on any atom is -0.385 e. The number of carbonyl (C=O) groups excluding carboxylic acids is 1. The maximum absolute atomic E-state index is 11.4. The highest BCUT2D eigenvalue weighted by Crippen LogP contribution is 2.09. The molecular formula is C13H22N4O. The third kappa shape index (κ3) is 4.71. The van der Waals surface area contributed by atoms with Crippen molar-refractivity contribution < 1.29 is 4.79 Å². The molecule has 18 heavy (non-hydrogen) atoms. The van der Waals surface area contributed by atoms with Crippen molar-refractivity contribution >= 4 is 11.6 Å². The van der Waals surface area contributed by atoms with E-state index < -0.39 is 0 Å². The number of hydrogen-bond acceptors (Lipinski definition) is 4. The summed E-state index contributed by atoms with van der Waals surface area (Å²) in [7, 11) is 1.65. The topological polar surface area (TPSA) is 57.3 Å². The van der Waals surface area contributed by atoms with Crippen molar-refractivity contribution in [1.29, 1.82) is 0 Å². The van der Waals surface area contributed by atoms with Gasteiger partial charge in [-0.1, -0.05) is 6.92 Å². The Morgan fingerprint density at radius 2 is 2.22 bits per heavy atom. The van der Waals surface area contributed by atoms with Gasteiger partial charge in [0.1, 0.15) is 0 Å². The van der Waals surface area contributed by atoms with Crippen molar-refractivity contribution in [2.75, 3.05) is 32.0 Å². The normalized spacial score (nSPS) is 10.4. The van der Waals surface area contributed by atoms with E-state index in [1.54, 1.807) is 13.2 Å². The van der Waals surface area contributed by atoms with Crippen LogP contribution < -0.4 is 10.6 Å². The molecule has 100 valence electrons. The van der Waals surface area contributed by atoms with E-state index >= 15 is 0 Å². The second-order valence-corrected chi connectivity index (χ2v) is 4.04. The Labute approximate surface area is 109 Å². The molecule has 0 spiro atoms. The zero-order valence-electron chi connectivity index (χ0n) is 11.4. The van der Waals surface area contributed by atoms with Crippen molar-refractivity contribution in [3.8, 4) is 0 Å². The van der Waals surface area contributed by atoms with Crippen LogP contribution in [0.1, 0.15) is 19.5 Å². The summed E-state index contributed by atoms with van der Waals surface area (Å²) < 4.78 is 0. The highest BCUT2D eigenvalue weighted by molar-refractivity contribution is 5.77. The number of amides is 1. The molecule has 0 aliphatic heterocycles. The Bertz CT molecular complexity index is 381. The van der Waals surface area contributed by atoms with E-state index in [1.165, 1.54) is 0 Å². The highest BCUT2D eigenvalue weighted by atomic mass is 16.1. The predicted octanol–water partition coefficient (Wildman–Crippen LogP) is 1.08. The van der Waals surface area contributed by atoms with Crippen LogP contribution in [-0.4, -0.2) is 42.5 Å². The summed E-state index contributed by atoms with van der Waals surface area (Å²) in [5, 5.41) is 5.89. The van der Waals surface area contributed by atoms with Crippen LogP contribution in [-0.2, 0) is 11.3 Å². The Kier molecular flexibility index (Phi) is 6.14. The van der Waals surface area contributed by atoms with E-state index in [-0.39, 0.29) is 5.91 Å². The number of nitrogens with zero attached hydrogens (tertiary/aromatic N) is 2. The molecule has 0 fully saturated rings. The molecule has 0 atom stereocenters. The number of carbonyl (C=O) groups is 1. The number of anilines is 1. The predicted molar refractivity (Wildman–Crippen MR) is 73.4 cm³/mol. The fourth-order valence-electron chi connectivity index (χ4n) is 1.67. The van der Waals surface area contributed by atoms with Gasteiger partial charge in [0.05, 0.1) is 12.2 Å². The quantitative estimate of drug-likeness (QED) is 0.760. The number of pyridine rings is 1. The van der Waals surface area contributed by atoms with Gasteiger partial charge < -0.3 is 10.6 Å². The molecule has 1 heterocycles. The van der Waals surface area contributed by atoms with E-state index in [0.29, 0.717) is 13.1 Å². The first kappa shape index (κ1) is 14.4. The standard InChI is InChI=1S/C13H22N4O/c1-4-15-11-6-7-16-12(8-11)9-17(5-2)10-13(18)14-3/h6-8H,4-5,9-10H2,1-3H3,(H,14,18)(H,15,16). The molecule has 1 amide bonds. The van der Waals surface area contributed by atoms with Crippen molar-refractivity contribution in [2.24, 2.45) is 0 Å². The number of aromatic nitrogens is 1. The summed E-state index contributed by atoms with van der Waals surface area (Å²) in [5.74, 6) is 0.0275. The van der Waals surface area contributed by atoms with Crippen molar-refractivity contribution in [2.45, 2.75) is 20.4 Å². The SMILES string of the molecule is CCNc1ccnc(CN(CC)CC(=O)NC)c1. The summed E-state index contributed by atoms with van der Waals surface area (Å²) in [4.78, 5) is 17.7. The van der Waals surface area contributed by atoms with Gasteiger partial charge in [-0.05, 0) is 25.6 Å². The first-order chi connectivity index (χ1) is 8.69. The molecule has 2 N–H and O–H groups in total. The van der Waals surface area contributed by atoms with Crippen LogP contribution in [0.15, 0.2) is 18.3 Å². The largest absolute Gasteiger partial charge is 0.385 e. The first-order valence-electron chi connectivity index (χ1n) is 6.31. The molecule has 0 radical (unpaired) electrons. The van der Waals surface area contributed by atoms with Gasteiger partial charge in [0.2, 0.25) is 5.91 Å². The number of hydrogen-bond donors (Lipinski definition) is 2. The van der Waals surface area contributed by atoms with Crippen molar-refractivity contribution in [3.05, 3.63) is 24.0 Å². The van der Waals surface area contributed by atoms with E-state index in [4.69, 9.17) is 0 Å². The molecule has 5 nitrogen and oxygen atoms in total. The van der Waals surface area contributed by atoms with Gasteiger partial charge >= 0.3 is 0 Å².